The molecule has 0 fully saturated rings. The van der Waals surface area contributed by atoms with E-state index in [1.165, 1.54) is 11.3 Å². The van der Waals surface area contributed by atoms with Gasteiger partial charge >= 0.3 is 0 Å². The molecule has 27 heavy (non-hydrogen) atoms. The minimum absolute atomic E-state index is 0.0393. The molecule has 0 aliphatic carbocycles. The number of amides is 2. The minimum Gasteiger partial charge on any atom is -0.344 e. The predicted molar refractivity (Wildman–Crippen MR) is 108 cm³/mol. The van der Waals surface area contributed by atoms with Gasteiger partial charge in [-0.2, -0.15) is 0 Å². The molecule has 2 heterocycles. The summed E-state index contributed by atoms with van der Waals surface area (Å²) >= 11 is 1.40. The third-order valence-electron chi connectivity index (χ3n) is 4.45. The molecule has 0 unspecified atom stereocenters. The Morgan fingerprint density at radius 1 is 1.22 bits per heavy atom. The maximum Gasteiger partial charge on any atom is 0.261 e. The van der Waals surface area contributed by atoms with Gasteiger partial charge in [0.25, 0.3) is 5.91 Å². The number of likely N-dealkylation sites (N-methyl/N-ethyl adjacent to an activating group) is 1. The summed E-state index contributed by atoms with van der Waals surface area (Å²) in [5.41, 5.74) is 1.72. The first-order valence-corrected chi connectivity index (χ1v) is 9.98. The molecule has 0 spiro atoms. The number of imidazole rings is 1. The average molecular weight is 385 g/mol. The summed E-state index contributed by atoms with van der Waals surface area (Å²) in [5, 5.41) is 4.77. The van der Waals surface area contributed by atoms with Gasteiger partial charge in [0.2, 0.25) is 5.91 Å². The van der Waals surface area contributed by atoms with Gasteiger partial charge in [0.15, 0.2) is 0 Å². The molecule has 1 N–H and O–H groups in total. The van der Waals surface area contributed by atoms with Crippen molar-refractivity contribution in [2.45, 2.75) is 32.9 Å². The van der Waals surface area contributed by atoms with Gasteiger partial charge in [-0.05, 0) is 30.0 Å². The fourth-order valence-electron chi connectivity index (χ4n) is 2.87. The van der Waals surface area contributed by atoms with E-state index in [-0.39, 0.29) is 24.9 Å². The molecule has 0 aliphatic rings. The number of rotatable bonds is 8. The summed E-state index contributed by atoms with van der Waals surface area (Å²) in [4.78, 5) is 31.9. The van der Waals surface area contributed by atoms with Crippen molar-refractivity contribution in [3.8, 4) is 0 Å². The highest BCUT2D eigenvalue weighted by molar-refractivity contribution is 7.12. The second-order valence-corrected chi connectivity index (χ2v) is 7.38. The third-order valence-corrected chi connectivity index (χ3v) is 5.32. The summed E-state index contributed by atoms with van der Waals surface area (Å²) in [6, 6.07) is 11.4. The minimum atomic E-state index is -0.130. The van der Waals surface area contributed by atoms with Gasteiger partial charge in [-0.15, -0.1) is 11.3 Å². The molecule has 2 aromatic heterocycles. The zero-order valence-electron chi connectivity index (χ0n) is 15.6. The topological polar surface area (TPSA) is 67.2 Å². The predicted octanol–water partition coefficient (Wildman–Crippen LogP) is 3.29. The Labute approximate surface area is 162 Å². The number of carbonyl (C=O) groups is 2. The lowest BCUT2D eigenvalue weighted by Crippen LogP contribution is -2.32. The van der Waals surface area contributed by atoms with E-state index in [9.17, 15) is 9.59 Å². The van der Waals surface area contributed by atoms with Crippen molar-refractivity contribution in [3.63, 3.8) is 0 Å². The Bertz CT molecular complexity index is 917. The van der Waals surface area contributed by atoms with Crippen molar-refractivity contribution in [3.05, 3.63) is 52.5 Å². The molecule has 0 aliphatic heterocycles. The van der Waals surface area contributed by atoms with E-state index in [1.807, 2.05) is 47.3 Å². The maximum absolute atomic E-state index is 12.6. The monoisotopic (exact) mass is 384 g/mol. The van der Waals surface area contributed by atoms with Gasteiger partial charge in [-0.1, -0.05) is 31.5 Å². The second kappa shape index (κ2) is 8.81. The highest BCUT2D eigenvalue weighted by atomic mass is 32.1. The Morgan fingerprint density at radius 3 is 2.78 bits per heavy atom. The van der Waals surface area contributed by atoms with Crippen molar-refractivity contribution in [1.29, 1.82) is 0 Å². The highest BCUT2D eigenvalue weighted by Gasteiger charge is 2.17. The van der Waals surface area contributed by atoms with Gasteiger partial charge in [-0.3, -0.25) is 9.59 Å². The third kappa shape index (κ3) is 4.54. The fraction of sp³-hybridized carbons (Fsp3) is 0.350. The van der Waals surface area contributed by atoms with Crippen LogP contribution in [-0.4, -0.2) is 39.9 Å². The number of thiophene rings is 1. The lowest BCUT2D eigenvalue weighted by atomic mass is 10.3. The first-order valence-electron chi connectivity index (χ1n) is 9.10. The van der Waals surface area contributed by atoms with Crippen LogP contribution in [0, 0.1) is 0 Å². The summed E-state index contributed by atoms with van der Waals surface area (Å²) in [6.07, 6.45) is 2.03. The molecular formula is C20H24N4O2S. The molecule has 2 amide bonds. The van der Waals surface area contributed by atoms with Crippen LogP contribution in [0.5, 0.6) is 0 Å². The smallest absolute Gasteiger partial charge is 0.261 e. The SMILES string of the molecule is CCCCN(C)C(=O)Cn1c(CNC(=O)c2cccs2)nc2ccccc21. The van der Waals surface area contributed by atoms with E-state index in [2.05, 4.69) is 17.2 Å². The number of aromatic nitrogens is 2. The Balaban J connectivity index is 1.79. The Morgan fingerprint density at radius 2 is 2.04 bits per heavy atom. The summed E-state index contributed by atoms with van der Waals surface area (Å²) in [6.45, 7) is 3.34. The van der Waals surface area contributed by atoms with Crippen LogP contribution in [0.1, 0.15) is 35.3 Å². The van der Waals surface area contributed by atoms with Crippen molar-refractivity contribution >= 4 is 34.2 Å². The molecule has 0 saturated heterocycles. The normalized spacial score (nSPS) is 10.9. The maximum atomic E-state index is 12.6. The lowest BCUT2D eigenvalue weighted by Gasteiger charge is -2.18. The fourth-order valence-corrected chi connectivity index (χ4v) is 3.51. The van der Waals surface area contributed by atoms with Gasteiger partial charge in [0.1, 0.15) is 12.4 Å². The number of fused-ring (bicyclic) bond motifs is 1. The summed E-state index contributed by atoms with van der Waals surface area (Å²) < 4.78 is 1.90. The van der Waals surface area contributed by atoms with Gasteiger partial charge < -0.3 is 14.8 Å². The first kappa shape index (κ1) is 19.1. The van der Waals surface area contributed by atoms with E-state index in [1.54, 1.807) is 11.0 Å². The van der Waals surface area contributed by atoms with Gasteiger partial charge in [0, 0.05) is 13.6 Å². The van der Waals surface area contributed by atoms with Crippen LogP contribution >= 0.6 is 11.3 Å². The van der Waals surface area contributed by atoms with Crippen LogP contribution in [0.25, 0.3) is 11.0 Å². The number of nitrogens with one attached hydrogen (secondary N) is 1. The molecule has 0 bridgehead atoms. The molecule has 0 atom stereocenters. The quantitative estimate of drug-likeness (QED) is 0.648. The standard InChI is InChI=1S/C20H24N4O2S/c1-3-4-11-23(2)19(25)14-24-16-9-6-5-8-15(16)22-18(24)13-21-20(26)17-10-7-12-27-17/h5-10,12H,3-4,11,13-14H2,1-2H3,(H,21,26). The number of nitrogens with zero attached hydrogens (tertiary/aromatic N) is 3. The lowest BCUT2D eigenvalue weighted by molar-refractivity contribution is -0.130. The zero-order valence-corrected chi connectivity index (χ0v) is 16.5. The Kier molecular flexibility index (Phi) is 6.24. The van der Waals surface area contributed by atoms with Crippen molar-refractivity contribution in [2.24, 2.45) is 0 Å². The number of hydrogen-bond acceptors (Lipinski definition) is 4. The Hall–Kier alpha value is -2.67. The van der Waals surface area contributed by atoms with E-state index >= 15 is 0 Å². The zero-order chi connectivity index (χ0) is 19.2. The van der Waals surface area contributed by atoms with Crippen molar-refractivity contribution < 1.29 is 9.59 Å². The van der Waals surface area contributed by atoms with Crippen LogP contribution in [-0.2, 0) is 17.9 Å². The number of para-hydroxylation sites is 2. The number of unbranched alkanes of at least 4 members (excludes halogenated alkanes) is 1. The molecule has 3 rings (SSSR count). The van der Waals surface area contributed by atoms with Crippen LogP contribution in [0.4, 0.5) is 0 Å². The molecule has 142 valence electrons. The number of carbonyl (C=O) groups excluding carboxylic acids is 2. The summed E-state index contributed by atoms with van der Waals surface area (Å²) in [7, 11) is 1.83. The number of benzene rings is 1. The van der Waals surface area contributed by atoms with E-state index in [0.717, 1.165) is 30.4 Å². The molecule has 1 aromatic carbocycles. The van der Waals surface area contributed by atoms with Crippen molar-refractivity contribution in [1.82, 2.24) is 19.8 Å². The largest absolute Gasteiger partial charge is 0.344 e. The van der Waals surface area contributed by atoms with Crippen LogP contribution in [0.15, 0.2) is 41.8 Å². The van der Waals surface area contributed by atoms with Gasteiger partial charge in [-0.25, -0.2) is 4.98 Å². The van der Waals surface area contributed by atoms with E-state index in [4.69, 9.17) is 0 Å². The average Bonchev–Trinajstić information content (AvgIpc) is 3.33. The molecule has 0 radical (unpaired) electrons. The van der Waals surface area contributed by atoms with E-state index < -0.39 is 0 Å². The molecule has 6 nitrogen and oxygen atoms in total. The first-order chi connectivity index (χ1) is 13.1. The van der Waals surface area contributed by atoms with Crippen molar-refractivity contribution in [2.75, 3.05) is 13.6 Å². The van der Waals surface area contributed by atoms with E-state index in [0.29, 0.717) is 10.7 Å². The molecule has 0 saturated carbocycles. The highest BCUT2D eigenvalue weighted by Crippen LogP contribution is 2.17. The molecule has 3 aromatic rings. The molecular weight excluding hydrogens is 360 g/mol. The number of hydrogen-bond donors (Lipinski definition) is 1. The van der Waals surface area contributed by atoms with Crippen LogP contribution < -0.4 is 5.32 Å². The summed E-state index contributed by atoms with van der Waals surface area (Å²) in [5.74, 6) is 0.589. The van der Waals surface area contributed by atoms with Gasteiger partial charge in [0.05, 0.1) is 22.5 Å². The second-order valence-electron chi connectivity index (χ2n) is 6.43. The van der Waals surface area contributed by atoms with Crippen LogP contribution in [0.2, 0.25) is 0 Å². The molecule has 7 heteroatoms. The van der Waals surface area contributed by atoms with Crippen LogP contribution in [0.3, 0.4) is 0 Å².